The molecule has 1 fully saturated rings. The number of carbonyl (C=O) groups excluding carboxylic acids is 1. The highest BCUT2D eigenvalue weighted by Crippen LogP contribution is 2.35. The van der Waals surface area contributed by atoms with Crippen LogP contribution in [0.5, 0.6) is 0 Å². The van der Waals surface area contributed by atoms with E-state index in [0.29, 0.717) is 36.3 Å². The van der Waals surface area contributed by atoms with E-state index in [2.05, 4.69) is 26.2 Å². The standard InChI is InChI=1S/C24H35FN8O3S/c1-28-9-11-36-12-10-33(27)24(31-26)37-21-8-7-18(32-35-2)14-19(21)23(34)30-22-20(25)13-17(15-29-22)16-5-3-4-6-16/h7-8,13-16,28,32H,3-6,9-12,26-27H2,1-2H3,(H,29,30,34)/b31-24+. The van der Waals surface area contributed by atoms with E-state index < -0.39 is 11.7 Å². The first-order valence-corrected chi connectivity index (χ1v) is 12.9. The molecule has 0 aliphatic heterocycles. The molecular weight excluding hydrogens is 499 g/mol. The van der Waals surface area contributed by atoms with Gasteiger partial charge in [0.1, 0.15) is 0 Å². The van der Waals surface area contributed by atoms with E-state index in [4.69, 9.17) is 21.3 Å². The molecule has 13 heteroatoms. The number of rotatable bonds is 12. The van der Waals surface area contributed by atoms with Crippen molar-refractivity contribution in [3.8, 4) is 0 Å². The van der Waals surface area contributed by atoms with E-state index in [0.717, 1.165) is 49.6 Å². The highest BCUT2D eigenvalue weighted by Gasteiger charge is 2.22. The number of nitrogens with zero attached hydrogens (tertiary/aromatic N) is 3. The Bertz CT molecular complexity index is 1070. The molecule has 0 spiro atoms. The Morgan fingerprint density at radius 1 is 1.30 bits per heavy atom. The van der Waals surface area contributed by atoms with Gasteiger partial charge in [-0.2, -0.15) is 5.10 Å². The lowest BCUT2D eigenvalue weighted by Crippen LogP contribution is -2.39. The molecule has 1 aliphatic carbocycles. The summed E-state index contributed by atoms with van der Waals surface area (Å²) in [5, 5.41) is 11.0. The fourth-order valence-electron chi connectivity index (χ4n) is 3.97. The molecule has 1 saturated carbocycles. The molecule has 0 radical (unpaired) electrons. The number of carbonyl (C=O) groups is 1. The minimum atomic E-state index is -0.575. The van der Waals surface area contributed by atoms with Gasteiger partial charge < -0.3 is 21.2 Å². The van der Waals surface area contributed by atoms with Crippen LogP contribution in [0.15, 0.2) is 40.5 Å². The van der Waals surface area contributed by atoms with Gasteiger partial charge in [-0.1, -0.05) is 12.8 Å². The van der Waals surface area contributed by atoms with Gasteiger partial charge in [-0.25, -0.2) is 15.2 Å². The highest BCUT2D eigenvalue weighted by atomic mass is 32.2. The van der Waals surface area contributed by atoms with Gasteiger partial charge >= 0.3 is 0 Å². The minimum absolute atomic E-state index is 0.139. The summed E-state index contributed by atoms with van der Waals surface area (Å²) < 4.78 is 20.4. The van der Waals surface area contributed by atoms with Crippen LogP contribution in [-0.2, 0) is 9.57 Å². The van der Waals surface area contributed by atoms with Crippen LogP contribution in [-0.4, -0.2) is 61.5 Å². The van der Waals surface area contributed by atoms with Crippen LogP contribution in [0, 0.1) is 5.82 Å². The van der Waals surface area contributed by atoms with Crippen molar-refractivity contribution >= 4 is 34.3 Å². The average Bonchev–Trinajstić information content (AvgIpc) is 3.44. The first-order valence-electron chi connectivity index (χ1n) is 12.1. The molecule has 37 heavy (non-hydrogen) atoms. The van der Waals surface area contributed by atoms with Crippen molar-refractivity contribution in [3.63, 3.8) is 0 Å². The van der Waals surface area contributed by atoms with Gasteiger partial charge in [0.25, 0.3) is 5.91 Å². The maximum atomic E-state index is 14.9. The third kappa shape index (κ3) is 8.27. The number of benzene rings is 1. The zero-order valence-corrected chi connectivity index (χ0v) is 21.9. The number of anilines is 2. The zero-order chi connectivity index (χ0) is 26.6. The second-order valence-corrected chi connectivity index (χ2v) is 9.48. The molecule has 2 aromatic rings. The molecule has 1 heterocycles. The highest BCUT2D eigenvalue weighted by molar-refractivity contribution is 8.13. The first-order chi connectivity index (χ1) is 18.0. The van der Waals surface area contributed by atoms with Crippen molar-refractivity contribution in [3.05, 3.63) is 47.4 Å². The summed E-state index contributed by atoms with van der Waals surface area (Å²) in [5.41, 5.74) is 4.30. The van der Waals surface area contributed by atoms with Gasteiger partial charge in [-0.05, 0) is 67.4 Å². The van der Waals surface area contributed by atoms with Crippen LogP contribution in [0.4, 0.5) is 15.9 Å². The molecule has 1 amide bonds. The fraction of sp³-hybridized carbons (Fsp3) is 0.458. The number of amides is 1. The molecule has 1 aromatic carbocycles. The van der Waals surface area contributed by atoms with Crippen molar-refractivity contribution in [1.82, 2.24) is 15.3 Å². The Kier molecular flexibility index (Phi) is 11.4. The Morgan fingerprint density at radius 2 is 2.08 bits per heavy atom. The molecule has 1 aliphatic rings. The molecule has 0 unspecified atom stereocenters. The number of halogens is 1. The van der Waals surface area contributed by atoms with Gasteiger partial charge in [0.2, 0.25) is 5.17 Å². The maximum Gasteiger partial charge on any atom is 0.258 e. The summed E-state index contributed by atoms with van der Waals surface area (Å²) in [6.07, 6.45) is 5.96. The van der Waals surface area contributed by atoms with Crippen molar-refractivity contribution in [2.75, 3.05) is 51.3 Å². The third-order valence-corrected chi connectivity index (χ3v) is 6.99. The number of likely N-dealkylation sites (N-methyl/N-ethyl adjacent to an activating group) is 1. The van der Waals surface area contributed by atoms with Crippen molar-refractivity contribution in [2.45, 2.75) is 36.5 Å². The predicted octanol–water partition coefficient (Wildman–Crippen LogP) is 2.84. The number of nitrogens with two attached hydrogens (primary N) is 2. The average molecular weight is 535 g/mol. The van der Waals surface area contributed by atoms with Crippen molar-refractivity contribution in [1.29, 1.82) is 0 Å². The second-order valence-electron chi connectivity index (χ2n) is 8.47. The van der Waals surface area contributed by atoms with Crippen LogP contribution in [0.2, 0.25) is 0 Å². The minimum Gasteiger partial charge on any atom is -0.378 e. The lowest BCUT2D eigenvalue weighted by Gasteiger charge is -2.20. The Hall–Kier alpha value is -2.97. The normalized spacial score (nSPS) is 14.1. The van der Waals surface area contributed by atoms with Crippen LogP contribution in [0.3, 0.4) is 0 Å². The first kappa shape index (κ1) is 28.6. The van der Waals surface area contributed by atoms with Crippen LogP contribution < -0.4 is 27.8 Å². The SMILES string of the molecule is CNCCOCCN(N)/C(=N\N)Sc1ccc(NOC)cc1C(=O)Nc1ncc(C2CCCC2)cc1F. The molecule has 3 rings (SSSR count). The van der Waals surface area contributed by atoms with E-state index in [1.165, 1.54) is 18.2 Å². The third-order valence-electron chi connectivity index (χ3n) is 5.90. The molecule has 7 N–H and O–H groups in total. The smallest absolute Gasteiger partial charge is 0.258 e. The number of hydrogen-bond acceptors (Lipinski definition) is 10. The van der Waals surface area contributed by atoms with Gasteiger partial charge in [-0.15, -0.1) is 0 Å². The zero-order valence-electron chi connectivity index (χ0n) is 21.1. The largest absolute Gasteiger partial charge is 0.378 e. The van der Waals surface area contributed by atoms with Gasteiger partial charge in [0.15, 0.2) is 11.6 Å². The lowest BCUT2D eigenvalue weighted by atomic mass is 9.99. The Morgan fingerprint density at radius 3 is 2.76 bits per heavy atom. The van der Waals surface area contributed by atoms with Crippen molar-refractivity contribution in [2.24, 2.45) is 16.8 Å². The van der Waals surface area contributed by atoms with Gasteiger partial charge in [-0.3, -0.25) is 20.1 Å². The maximum absolute atomic E-state index is 14.9. The van der Waals surface area contributed by atoms with Crippen LogP contribution in [0.25, 0.3) is 0 Å². The number of aromatic nitrogens is 1. The van der Waals surface area contributed by atoms with Crippen LogP contribution in [0.1, 0.15) is 47.5 Å². The number of thioether (sulfide) groups is 1. The van der Waals surface area contributed by atoms with Gasteiger partial charge in [0, 0.05) is 17.6 Å². The van der Waals surface area contributed by atoms with E-state index in [-0.39, 0.29) is 16.5 Å². The quantitative estimate of drug-likeness (QED) is 0.0686. The number of hydrogen-bond donors (Lipinski definition) is 5. The number of nitrogens with one attached hydrogen (secondary N) is 3. The van der Waals surface area contributed by atoms with Crippen molar-refractivity contribution < 1.29 is 18.8 Å². The number of ether oxygens (including phenoxy) is 1. The monoisotopic (exact) mass is 534 g/mol. The molecule has 0 bridgehead atoms. The number of amidine groups is 1. The molecule has 202 valence electrons. The summed E-state index contributed by atoms with van der Waals surface area (Å²) in [4.78, 5) is 22.9. The number of hydrazine groups is 1. The summed E-state index contributed by atoms with van der Waals surface area (Å²) in [7, 11) is 3.29. The van der Waals surface area contributed by atoms with E-state index >= 15 is 0 Å². The van der Waals surface area contributed by atoms with E-state index in [1.54, 1.807) is 24.4 Å². The fourth-order valence-corrected chi connectivity index (χ4v) is 4.83. The molecule has 0 atom stereocenters. The summed E-state index contributed by atoms with van der Waals surface area (Å²) in [6, 6.07) is 6.44. The Labute approximate surface area is 220 Å². The lowest BCUT2D eigenvalue weighted by molar-refractivity contribution is 0.102. The predicted molar refractivity (Wildman–Crippen MR) is 144 cm³/mol. The van der Waals surface area contributed by atoms with E-state index in [9.17, 15) is 9.18 Å². The molecule has 1 aromatic heterocycles. The second kappa shape index (κ2) is 14.7. The Balaban J connectivity index is 1.75. The van der Waals surface area contributed by atoms with Crippen LogP contribution >= 0.6 is 11.8 Å². The topological polar surface area (TPSA) is 152 Å². The summed E-state index contributed by atoms with van der Waals surface area (Å²) >= 11 is 1.10. The van der Waals surface area contributed by atoms with Gasteiger partial charge in [0.05, 0.1) is 38.1 Å². The molecule has 0 saturated heterocycles. The number of pyridine rings is 1. The summed E-state index contributed by atoms with van der Waals surface area (Å²) in [5.74, 6) is 10.7. The molecular formula is C24H35FN8O3S. The van der Waals surface area contributed by atoms with E-state index in [1.807, 2.05) is 7.05 Å². The molecule has 11 nitrogen and oxygen atoms in total. The number of hydrazone groups is 1. The summed E-state index contributed by atoms with van der Waals surface area (Å²) in [6.45, 7) is 1.96.